The summed E-state index contributed by atoms with van der Waals surface area (Å²) in [4.78, 5) is 24.9. The first-order valence-corrected chi connectivity index (χ1v) is 17.1. The van der Waals surface area contributed by atoms with Crippen LogP contribution in [0.4, 0.5) is 0 Å². The number of amides is 2. The number of hydrogen-bond acceptors (Lipinski definition) is 4. The zero-order valence-corrected chi connectivity index (χ0v) is 23.6. The first kappa shape index (κ1) is 29.3. The van der Waals surface area contributed by atoms with Crippen LogP contribution >= 0.6 is 0 Å². The van der Waals surface area contributed by atoms with Crippen LogP contribution in [0.3, 0.4) is 0 Å². The van der Waals surface area contributed by atoms with E-state index in [9.17, 15) is 9.59 Å². The number of hydrogen-bond donors (Lipinski definition) is 2. The summed E-state index contributed by atoms with van der Waals surface area (Å²) in [7, 11) is -3.81. The molecular formula is C22H48N2O4Si2. The molecule has 2 N–H and O–H groups in total. The summed E-state index contributed by atoms with van der Waals surface area (Å²) in [6.45, 7) is 26.7. The lowest BCUT2D eigenvalue weighted by molar-refractivity contribution is -0.140. The van der Waals surface area contributed by atoms with E-state index < -0.39 is 28.4 Å². The zero-order valence-electron chi connectivity index (χ0n) is 21.6. The molecule has 178 valence electrons. The minimum absolute atomic E-state index is 0.102. The van der Waals surface area contributed by atoms with Crippen LogP contribution in [-0.4, -0.2) is 53.7 Å². The highest BCUT2D eigenvalue weighted by Gasteiger charge is 2.38. The number of carbonyl (C=O) groups is 2. The normalized spacial score (nSPS) is 15.5. The molecule has 0 aliphatic carbocycles. The third-order valence-corrected chi connectivity index (χ3v) is 15.8. The molecule has 0 spiro atoms. The Kier molecular flexibility index (Phi) is 11.0. The van der Waals surface area contributed by atoms with Crippen LogP contribution in [0.25, 0.3) is 0 Å². The number of nitrogens with one attached hydrogen (secondary N) is 2. The quantitative estimate of drug-likeness (QED) is 0.362. The van der Waals surface area contributed by atoms with E-state index in [2.05, 4.69) is 78.4 Å². The fourth-order valence-electron chi connectivity index (χ4n) is 2.08. The molecule has 0 aliphatic heterocycles. The summed E-state index contributed by atoms with van der Waals surface area (Å²) < 4.78 is 12.4. The van der Waals surface area contributed by atoms with Crippen molar-refractivity contribution in [2.45, 2.75) is 117 Å². The first-order chi connectivity index (χ1) is 13.4. The van der Waals surface area contributed by atoms with Crippen molar-refractivity contribution >= 4 is 28.4 Å². The second-order valence-electron chi connectivity index (χ2n) is 11.3. The van der Waals surface area contributed by atoms with Crippen molar-refractivity contribution in [3.8, 4) is 0 Å². The molecule has 0 saturated heterocycles. The highest BCUT2D eigenvalue weighted by molar-refractivity contribution is 6.74. The number of carbonyl (C=O) groups excluding carboxylic acids is 2. The average molecular weight is 461 g/mol. The molecule has 0 heterocycles. The lowest BCUT2D eigenvalue weighted by Gasteiger charge is -2.37. The predicted molar refractivity (Wildman–Crippen MR) is 131 cm³/mol. The van der Waals surface area contributed by atoms with Gasteiger partial charge in [-0.3, -0.25) is 9.59 Å². The summed E-state index contributed by atoms with van der Waals surface area (Å²) in [5.41, 5.74) is 0. The van der Waals surface area contributed by atoms with Gasteiger partial charge in [0.2, 0.25) is 0 Å². The van der Waals surface area contributed by atoms with Gasteiger partial charge >= 0.3 is 11.8 Å². The maximum absolute atomic E-state index is 12.4. The molecule has 2 amide bonds. The van der Waals surface area contributed by atoms with Gasteiger partial charge in [-0.2, -0.15) is 0 Å². The Balaban J connectivity index is 4.77. The number of rotatable bonds is 10. The minimum Gasteiger partial charge on any atom is -0.415 e. The molecule has 0 bridgehead atoms. The van der Waals surface area contributed by atoms with Crippen molar-refractivity contribution < 1.29 is 18.4 Å². The van der Waals surface area contributed by atoms with Gasteiger partial charge in [-0.05, 0) is 49.1 Å². The minimum atomic E-state index is -1.90. The Morgan fingerprint density at radius 2 is 0.967 bits per heavy atom. The van der Waals surface area contributed by atoms with E-state index in [-0.39, 0.29) is 22.2 Å². The molecule has 8 heteroatoms. The van der Waals surface area contributed by atoms with Crippen molar-refractivity contribution in [3.05, 3.63) is 0 Å². The van der Waals surface area contributed by atoms with Crippen molar-refractivity contribution in [1.82, 2.24) is 10.6 Å². The van der Waals surface area contributed by atoms with Gasteiger partial charge in [-0.1, -0.05) is 55.4 Å². The summed E-state index contributed by atoms with van der Waals surface area (Å²) in [5.74, 6) is -1.21. The van der Waals surface area contributed by atoms with Crippen LogP contribution in [0, 0.1) is 0 Å². The van der Waals surface area contributed by atoms with Gasteiger partial charge in [0.25, 0.3) is 0 Å². The Labute approximate surface area is 187 Å². The summed E-state index contributed by atoms with van der Waals surface area (Å²) in [6.07, 6.45) is 1.42. The van der Waals surface area contributed by atoms with Gasteiger partial charge in [0, 0.05) is 0 Å². The highest BCUT2D eigenvalue weighted by atomic mass is 28.4. The smallest absolute Gasteiger partial charge is 0.309 e. The maximum atomic E-state index is 12.4. The maximum Gasteiger partial charge on any atom is 0.309 e. The van der Waals surface area contributed by atoms with E-state index in [0.29, 0.717) is 26.1 Å². The lowest BCUT2D eigenvalue weighted by Crippen LogP contribution is -2.52. The van der Waals surface area contributed by atoms with Crippen LogP contribution in [0.2, 0.25) is 36.3 Å². The SMILES string of the molecule is CC[C@H](CO[Si](C)(C)C(C)(C)C)NC(=O)C(=O)N[C@H](CC)CO[Si](C)(C)C(C)(C)C. The summed E-state index contributed by atoms with van der Waals surface area (Å²) in [6, 6.07) is -0.359. The van der Waals surface area contributed by atoms with Gasteiger partial charge in [-0.25, -0.2) is 0 Å². The van der Waals surface area contributed by atoms with E-state index in [0.717, 1.165) is 0 Å². The molecule has 30 heavy (non-hydrogen) atoms. The van der Waals surface area contributed by atoms with E-state index in [1.165, 1.54) is 0 Å². The van der Waals surface area contributed by atoms with E-state index in [1.54, 1.807) is 0 Å². The van der Waals surface area contributed by atoms with Crippen molar-refractivity contribution in [2.75, 3.05) is 13.2 Å². The van der Waals surface area contributed by atoms with Gasteiger partial charge in [-0.15, -0.1) is 0 Å². The van der Waals surface area contributed by atoms with Crippen molar-refractivity contribution in [3.63, 3.8) is 0 Å². The van der Waals surface area contributed by atoms with Crippen molar-refractivity contribution in [1.29, 1.82) is 0 Å². The Morgan fingerprint density at radius 3 is 1.17 bits per heavy atom. The zero-order chi connectivity index (χ0) is 24.0. The molecule has 0 aromatic heterocycles. The fraction of sp³-hybridized carbons (Fsp3) is 0.909. The first-order valence-electron chi connectivity index (χ1n) is 11.3. The Morgan fingerprint density at radius 1 is 0.700 bits per heavy atom. The molecule has 6 nitrogen and oxygen atoms in total. The van der Waals surface area contributed by atoms with Crippen LogP contribution in [0.1, 0.15) is 68.2 Å². The topological polar surface area (TPSA) is 76.7 Å². The standard InChI is InChI=1S/C22H48N2O4Si2/c1-13-17(15-27-29(9,10)21(3,4)5)23-19(25)20(26)24-18(14-2)16-28-30(11,12)22(6,7)8/h17-18H,13-16H2,1-12H3,(H,23,25)(H,24,26)/t17-,18-/m1/s1. The molecule has 0 aromatic carbocycles. The third-order valence-electron chi connectivity index (χ3n) is 6.77. The predicted octanol–water partition coefficient (Wildman–Crippen LogP) is 4.82. The van der Waals surface area contributed by atoms with Gasteiger partial charge in [0.15, 0.2) is 16.6 Å². The van der Waals surface area contributed by atoms with Gasteiger partial charge in [0.05, 0.1) is 25.3 Å². The van der Waals surface area contributed by atoms with E-state index >= 15 is 0 Å². The van der Waals surface area contributed by atoms with Crippen molar-refractivity contribution in [2.24, 2.45) is 0 Å². The highest BCUT2D eigenvalue weighted by Crippen LogP contribution is 2.37. The third kappa shape index (κ3) is 9.20. The molecule has 0 unspecified atom stereocenters. The summed E-state index contributed by atoms with van der Waals surface area (Å²) >= 11 is 0. The second kappa shape index (κ2) is 11.2. The molecule has 0 saturated carbocycles. The van der Waals surface area contributed by atoms with Crippen LogP contribution in [-0.2, 0) is 18.4 Å². The molecule has 0 fully saturated rings. The van der Waals surface area contributed by atoms with Crippen LogP contribution in [0.5, 0.6) is 0 Å². The fourth-order valence-corrected chi connectivity index (χ4v) is 4.18. The molecule has 2 atom stereocenters. The molecule has 0 aromatic rings. The second-order valence-corrected chi connectivity index (χ2v) is 20.9. The lowest BCUT2D eigenvalue weighted by atomic mass is 10.2. The summed E-state index contributed by atoms with van der Waals surface area (Å²) in [5, 5.41) is 5.87. The average Bonchev–Trinajstić information content (AvgIpc) is 2.59. The van der Waals surface area contributed by atoms with Crippen LogP contribution in [0.15, 0.2) is 0 Å². The van der Waals surface area contributed by atoms with Gasteiger partial charge < -0.3 is 19.5 Å². The molecule has 0 aliphatic rings. The monoisotopic (exact) mass is 460 g/mol. The molecule has 0 rings (SSSR count). The van der Waals surface area contributed by atoms with Gasteiger partial charge in [0.1, 0.15) is 0 Å². The molecular weight excluding hydrogens is 412 g/mol. The van der Waals surface area contributed by atoms with E-state index in [4.69, 9.17) is 8.85 Å². The largest absolute Gasteiger partial charge is 0.415 e. The Bertz CT molecular complexity index is 516. The van der Waals surface area contributed by atoms with Crippen LogP contribution < -0.4 is 10.6 Å². The Hall–Kier alpha value is -0.706. The van der Waals surface area contributed by atoms with E-state index in [1.807, 2.05) is 13.8 Å². The molecule has 0 radical (unpaired) electrons.